The summed E-state index contributed by atoms with van der Waals surface area (Å²) in [5.74, 6) is 2.35. The first-order valence-corrected chi connectivity index (χ1v) is 5.59. The summed E-state index contributed by atoms with van der Waals surface area (Å²) >= 11 is 0. The largest absolute Gasteiger partial charge is 0.497 e. The van der Waals surface area contributed by atoms with Crippen LogP contribution in [0.4, 0.5) is 0 Å². The molecule has 0 aliphatic heterocycles. The highest BCUT2D eigenvalue weighted by Crippen LogP contribution is 2.24. The van der Waals surface area contributed by atoms with Crippen molar-refractivity contribution in [2.45, 2.75) is 20.4 Å². The van der Waals surface area contributed by atoms with E-state index in [2.05, 4.69) is 19.2 Å². The van der Waals surface area contributed by atoms with Crippen LogP contribution in [0.1, 0.15) is 19.4 Å². The first-order valence-electron chi connectivity index (χ1n) is 5.59. The molecule has 0 bridgehead atoms. The van der Waals surface area contributed by atoms with Gasteiger partial charge in [-0.15, -0.1) is 0 Å². The molecule has 0 fully saturated rings. The number of hydrogen-bond acceptors (Lipinski definition) is 3. The Kier molecular flexibility index (Phi) is 5.12. The summed E-state index contributed by atoms with van der Waals surface area (Å²) in [6.07, 6.45) is 0. The van der Waals surface area contributed by atoms with Gasteiger partial charge in [-0.25, -0.2) is 0 Å². The number of nitrogens with one attached hydrogen (secondary N) is 1. The van der Waals surface area contributed by atoms with Crippen LogP contribution in [-0.4, -0.2) is 20.8 Å². The molecule has 0 saturated carbocycles. The molecule has 1 rings (SSSR count). The average molecular weight is 223 g/mol. The lowest BCUT2D eigenvalue weighted by Gasteiger charge is -2.12. The lowest BCUT2D eigenvalue weighted by molar-refractivity contribution is 0.389. The number of rotatable bonds is 6. The van der Waals surface area contributed by atoms with E-state index in [1.807, 2.05) is 18.2 Å². The van der Waals surface area contributed by atoms with Crippen LogP contribution in [0.25, 0.3) is 0 Å². The molecular formula is C13H21NO2. The molecule has 1 N–H and O–H groups in total. The van der Waals surface area contributed by atoms with Gasteiger partial charge in [-0.1, -0.05) is 19.9 Å². The average Bonchev–Trinajstić information content (AvgIpc) is 2.29. The van der Waals surface area contributed by atoms with Gasteiger partial charge in [-0.3, -0.25) is 0 Å². The Bertz CT molecular complexity index is 324. The number of benzene rings is 1. The van der Waals surface area contributed by atoms with Gasteiger partial charge in [0.1, 0.15) is 11.5 Å². The fourth-order valence-corrected chi connectivity index (χ4v) is 1.49. The standard InChI is InChI=1S/C13H21NO2/c1-10(2)8-14-9-11-5-6-12(15-3)7-13(11)16-4/h5-7,10,14H,8-9H2,1-4H3. The van der Waals surface area contributed by atoms with Crippen LogP contribution in [-0.2, 0) is 6.54 Å². The first kappa shape index (κ1) is 12.8. The summed E-state index contributed by atoms with van der Waals surface area (Å²) < 4.78 is 10.5. The minimum absolute atomic E-state index is 0.657. The van der Waals surface area contributed by atoms with Gasteiger partial charge in [0.15, 0.2) is 0 Å². The van der Waals surface area contributed by atoms with Crippen molar-refractivity contribution in [1.82, 2.24) is 5.32 Å². The fourth-order valence-electron chi connectivity index (χ4n) is 1.49. The molecule has 0 spiro atoms. The van der Waals surface area contributed by atoms with Crippen molar-refractivity contribution in [1.29, 1.82) is 0 Å². The molecule has 1 aromatic carbocycles. The second-order valence-electron chi connectivity index (χ2n) is 4.20. The SMILES string of the molecule is COc1ccc(CNCC(C)C)c(OC)c1. The number of methoxy groups -OCH3 is 2. The van der Waals surface area contributed by atoms with E-state index in [9.17, 15) is 0 Å². The molecule has 16 heavy (non-hydrogen) atoms. The Hall–Kier alpha value is -1.22. The summed E-state index contributed by atoms with van der Waals surface area (Å²) in [6.45, 7) is 6.22. The van der Waals surface area contributed by atoms with Gasteiger partial charge < -0.3 is 14.8 Å². The summed E-state index contributed by atoms with van der Waals surface area (Å²) in [5.41, 5.74) is 1.16. The third-order valence-corrected chi connectivity index (χ3v) is 2.36. The van der Waals surface area contributed by atoms with E-state index >= 15 is 0 Å². The van der Waals surface area contributed by atoms with Crippen molar-refractivity contribution >= 4 is 0 Å². The van der Waals surface area contributed by atoms with Crippen LogP contribution in [0, 0.1) is 5.92 Å². The maximum Gasteiger partial charge on any atom is 0.127 e. The molecule has 0 aromatic heterocycles. The molecule has 1 aromatic rings. The Morgan fingerprint density at radius 3 is 2.50 bits per heavy atom. The van der Waals surface area contributed by atoms with E-state index in [-0.39, 0.29) is 0 Å². The van der Waals surface area contributed by atoms with Crippen LogP contribution in [0.3, 0.4) is 0 Å². The molecule has 0 amide bonds. The van der Waals surface area contributed by atoms with Crippen molar-refractivity contribution in [3.8, 4) is 11.5 Å². The zero-order chi connectivity index (χ0) is 12.0. The van der Waals surface area contributed by atoms with E-state index in [0.29, 0.717) is 5.92 Å². The molecule has 90 valence electrons. The molecule has 0 heterocycles. The Balaban J connectivity index is 2.64. The fraction of sp³-hybridized carbons (Fsp3) is 0.538. The van der Waals surface area contributed by atoms with Crippen molar-refractivity contribution in [2.24, 2.45) is 5.92 Å². The third kappa shape index (κ3) is 3.74. The van der Waals surface area contributed by atoms with Gasteiger partial charge in [0.05, 0.1) is 14.2 Å². The molecule has 0 saturated heterocycles. The zero-order valence-electron chi connectivity index (χ0n) is 10.5. The number of hydrogen-bond donors (Lipinski definition) is 1. The van der Waals surface area contributed by atoms with Crippen LogP contribution < -0.4 is 14.8 Å². The van der Waals surface area contributed by atoms with Crippen molar-refractivity contribution in [2.75, 3.05) is 20.8 Å². The quantitative estimate of drug-likeness (QED) is 0.803. The predicted octanol–water partition coefficient (Wildman–Crippen LogP) is 2.45. The molecule has 0 unspecified atom stereocenters. The van der Waals surface area contributed by atoms with Crippen LogP contribution >= 0.6 is 0 Å². The Morgan fingerprint density at radius 2 is 1.94 bits per heavy atom. The zero-order valence-corrected chi connectivity index (χ0v) is 10.5. The van der Waals surface area contributed by atoms with E-state index in [1.54, 1.807) is 14.2 Å². The van der Waals surface area contributed by atoms with E-state index < -0.39 is 0 Å². The monoisotopic (exact) mass is 223 g/mol. The maximum absolute atomic E-state index is 5.33. The first-order chi connectivity index (χ1) is 7.67. The molecule has 3 heteroatoms. The van der Waals surface area contributed by atoms with E-state index in [0.717, 1.165) is 30.2 Å². The topological polar surface area (TPSA) is 30.5 Å². The minimum Gasteiger partial charge on any atom is -0.497 e. The Morgan fingerprint density at radius 1 is 1.19 bits per heavy atom. The normalized spacial score (nSPS) is 10.6. The van der Waals surface area contributed by atoms with Gasteiger partial charge in [-0.05, 0) is 18.5 Å². The van der Waals surface area contributed by atoms with Crippen molar-refractivity contribution < 1.29 is 9.47 Å². The van der Waals surface area contributed by atoms with Crippen molar-refractivity contribution in [3.63, 3.8) is 0 Å². The van der Waals surface area contributed by atoms with Gasteiger partial charge in [-0.2, -0.15) is 0 Å². The van der Waals surface area contributed by atoms with Crippen LogP contribution in [0.15, 0.2) is 18.2 Å². The minimum atomic E-state index is 0.657. The lowest BCUT2D eigenvalue weighted by atomic mass is 10.1. The van der Waals surface area contributed by atoms with Gasteiger partial charge in [0.25, 0.3) is 0 Å². The van der Waals surface area contributed by atoms with E-state index in [1.165, 1.54) is 0 Å². The predicted molar refractivity (Wildman–Crippen MR) is 66.1 cm³/mol. The van der Waals surface area contributed by atoms with E-state index in [4.69, 9.17) is 9.47 Å². The summed E-state index contributed by atoms with van der Waals surface area (Å²) in [5, 5.41) is 3.39. The number of ether oxygens (including phenoxy) is 2. The summed E-state index contributed by atoms with van der Waals surface area (Å²) in [4.78, 5) is 0. The smallest absolute Gasteiger partial charge is 0.127 e. The van der Waals surface area contributed by atoms with Crippen LogP contribution in [0.5, 0.6) is 11.5 Å². The van der Waals surface area contributed by atoms with Gasteiger partial charge in [0, 0.05) is 18.2 Å². The molecule has 3 nitrogen and oxygen atoms in total. The summed E-state index contributed by atoms with van der Waals surface area (Å²) in [6, 6.07) is 5.90. The Labute approximate surface area is 97.8 Å². The second kappa shape index (κ2) is 6.38. The maximum atomic E-state index is 5.33. The molecule has 0 atom stereocenters. The third-order valence-electron chi connectivity index (χ3n) is 2.36. The van der Waals surface area contributed by atoms with Crippen molar-refractivity contribution in [3.05, 3.63) is 23.8 Å². The second-order valence-corrected chi connectivity index (χ2v) is 4.20. The molecule has 0 aliphatic carbocycles. The van der Waals surface area contributed by atoms with Crippen LogP contribution in [0.2, 0.25) is 0 Å². The van der Waals surface area contributed by atoms with Gasteiger partial charge >= 0.3 is 0 Å². The summed E-state index contributed by atoms with van der Waals surface area (Å²) in [7, 11) is 3.34. The highest BCUT2D eigenvalue weighted by atomic mass is 16.5. The van der Waals surface area contributed by atoms with Gasteiger partial charge in [0.2, 0.25) is 0 Å². The highest BCUT2D eigenvalue weighted by Gasteiger charge is 2.04. The highest BCUT2D eigenvalue weighted by molar-refractivity contribution is 5.40. The molecular weight excluding hydrogens is 202 g/mol. The lowest BCUT2D eigenvalue weighted by Crippen LogP contribution is -2.19. The molecule has 0 aliphatic rings. The molecule has 0 radical (unpaired) electrons.